The maximum Gasteiger partial charge on any atom is 0.335 e. The van der Waals surface area contributed by atoms with Gasteiger partial charge in [-0.2, -0.15) is 0 Å². The lowest BCUT2D eigenvalue weighted by atomic mass is 10.2. The molecule has 0 aliphatic heterocycles. The fraction of sp³-hybridized carbons (Fsp3) is 0.750. The van der Waals surface area contributed by atoms with Gasteiger partial charge in [-0.3, -0.25) is 15.0 Å². The van der Waals surface area contributed by atoms with Gasteiger partial charge in [0.1, 0.15) is 5.60 Å². The molecule has 0 heterocycles. The van der Waals surface area contributed by atoms with Crippen LogP contribution in [0.3, 0.4) is 0 Å². The summed E-state index contributed by atoms with van der Waals surface area (Å²) in [5, 5.41) is 10.3. The first-order chi connectivity index (χ1) is 11.1. The van der Waals surface area contributed by atoms with Crippen LogP contribution in [0, 0.1) is 5.41 Å². The van der Waals surface area contributed by atoms with E-state index in [1.54, 1.807) is 27.7 Å². The number of unbranched alkanes of at least 4 members (excludes halogenated alkanes) is 1. The molecule has 1 atom stereocenters. The Morgan fingerprint density at radius 3 is 2.33 bits per heavy atom. The quantitative estimate of drug-likeness (QED) is 0.371. The Balaban J connectivity index is 4.71. The van der Waals surface area contributed by atoms with Crippen LogP contribution in [0.1, 0.15) is 53.9 Å². The Bertz CT molecular complexity index is 460. The maximum absolute atomic E-state index is 12.0. The minimum atomic E-state index is -1.19. The highest BCUT2D eigenvalue weighted by Gasteiger charge is 2.28. The van der Waals surface area contributed by atoms with Crippen molar-refractivity contribution in [3.8, 4) is 0 Å². The van der Waals surface area contributed by atoms with Gasteiger partial charge in [0.15, 0.2) is 6.04 Å². The smallest absolute Gasteiger partial charge is 0.335 e. The molecule has 1 unspecified atom stereocenters. The predicted octanol–water partition coefficient (Wildman–Crippen LogP) is 2.28. The van der Waals surface area contributed by atoms with Crippen molar-refractivity contribution >= 4 is 34.7 Å². The van der Waals surface area contributed by atoms with Crippen molar-refractivity contribution in [2.75, 3.05) is 12.4 Å². The Kier molecular flexibility index (Phi) is 10.3. The van der Waals surface area contributed by atoms with Gasteiger partial charge in [0, 0.05) is 6.42 Å². The van der Waals surface area contributed by atoms with Gasteiger partial charge in [0.2, 0.25) is 5.91 Å². The van der Waals surface area contributed by atoms with E-state index in [1.165, 1.54) is 0 Å². The minimum Gasteiger partial charge on any atom is -0.464 e. The third-order valence-electron chi connectivity index (χ3n) is 2.61. The molecule has 0 aliphatic carbocycles. The average molecular weight is 360 g/mol. The minimum absolute atomic E-state index is 0.114. The molecule has 24 heavy (non-hydrogen) atoms. The highest BCUT2D eigenvalue weighted by molar-refractivity contribution is 8.14. The summed E-state index contributed by atoms with van der Waals surface area (Å²) < 4.78 is 10.0. The predicted molar refractivity (Wildman–Crippen MR) is 94.1 cm³/mol. The molecule has 0 fully saturated rings. The number of rotatable bonds is 9. The van der Waals surface area contributed by atoms with Crippen LogP contribution in [0.25, 0.3) is 0 Å². The number of amides is 1. The van der Waals surface area contributed by atoms with Crippen molar-refractivity contribution in [1.82, 2.24) is 5.32 Å². The standard InChI is InChI=1S/C16H28N2O5S/c1-6-8-9-11(19)18-13(15(21)22-7-2)14(17)24-10-12(20)23-16(3,4)5/h13,17H,6-10H2,1-5H3,(H,18,19). The molecule has 1 amide bonds. The van der Waals surface area contributed by atoms with E-state index < -0.39 is 23.6 Å². The second-order valence-electron chi connectivity index (χ2n) is 6.10. The van der Waals surface area contributed by atoms with Crippen LogP contribution in [0.5, 0.6) is 0 Å². The topological polar surface area (TPSA) is 106 Å². The maximum atomic E-state index is 12.0. The molecule has 0 aliphatic rings. The first-order valence-corrected chi connectivity index (χ1v) is 8.98. The number of carbonyl (C=O) groups is 3. The van der Waals surface area contributed by atoms with Gasteiger partial charge in [-0.15, -0.1) is 0 Å². The molecule has 0 bridgehead atoms. The summed E-state index contributed by atoms with van der Waals surface area (Å²) in [4.78, 5) is 35.5. The van der Waals surface area contributed by atoms with E-state index in [9.17, 15) is 14.4 Å². The van der Waals surface area contributed by atoms with Crippen molar-refractivity contribution in [2.45, 2.75) is 65.5 Å². The normalized spacial score (nSPS) is 12.2. The first kappa shape index (κ1) is 22.4. The zero-order valence-electron chi connectivity index (χ0n) is 15.1. The number of nitrogens with one attached hydrogen (secondary N) is 2. The van der Waals surface area contributed by atoms with Gasteiger partial charge in [-0.25, -0.2) is 4.79 Å². The van der Waals surface area contributed by atoms with Crippen molar-refractivity contribution in [3.63, 3.8) is 0 Å². The van der Waals surface area contributed by atoms with Gasteiger partial charge < -0.3 is 14.8 Å². The second kappa shape index (κ2) is 11.1. The van der Waals surface area contributed by atoms with Crippen molar-refractivity contribution in [3.05, 3.63) is 0 Å². The van der Waals surface area contributed by atoms with E-state index >= 15 is 0 Å². The molecule has 0 saturated carbocycles. The zero-order valence-corrected chi connectivity index (χ0v) is 15.9. The molecule has 2 N–H and O–H groups in total. The van der Waals surface area contributed by atoms with Crippen molar-refractivity contribution in [1.29, 1.82) is 5.41 Å². The highest BCUT2D eigenvalue weighted by Crippen LogP contribution is 2.13. The lowest BCUT2D eigenvalue weighted by molar-refractivity contribution is -0.151. The van der Waals surface area contributed by atoms with Crippen LogP contribution >= 0.6 is 11.8 Å². The summed E-state index contributed by atoms with van der Waals surface area (Å²) in [7, 11) is 0. The van der Waals surface area contributed by atoms with Crippen molar-refractivity contribution < 1.29 is 23.9 Å². The summed E-state index contributed by atoms with van der Waals surface area (Å²) >= 11 is 0.847. The number of carbonyl (C=O) groups excluding carboxylic acids is 3. The Morgan fingerprint density at radius 2 is 1.83 bits per heavy atom. The molecule has 0 saturated heterocycles. The zero-order chi connectivity index (χ0) is 18.8. The number of hydrogen-bond donors (Lipinski definition) is 2. The summed E-state index contributed by atoms with van der Waals surface area (Å²) in [5.41, 5.74) is -0.616. The van der Waals surface area contributed by atoms with E-state index in [1.807, 2.05) is 6.92 Å². The van der Waals surface area contributed by atoms with E-state index in [0.29, 0.717) is 6.42 Å². The van der Waals surface area contributed by atoms with E-state index in [2.05, 4.69) is 5.32 Å². The number of hydrogen-bond acceptors (Lipinski definition) is 7. The molecular weight excluding hydrogens is 332 g/mol. The molecule has 0 aromatic heterocycles. The molecule has 8 heteroatoms. The SMILES string of the molecule is CCCCC(=O)NC(C(=N)SCC(=O)OC(C)(C)C)C(=O)OCC. The molecule has 0 aromatic carbocycles. The molecule has 0 rings (SSSR count). The van der Waals surface area contributed by atoms with Crippen molar-refractivity contribution in [2.24, 2.45) is 0 Å². The lowest BCUT2D eigenvalue weighted by Gasteiger charge is -2.20. The summed E-state index contributed by atoms with van der Waals surface area (Å²) in [6.07, 6.45) is 1.82. The largest absolute Gasteiger partial charge is 0.464 e. The van der Waals surface area contributed by atoms with Gasteiger partial charge in [-0.1, -0.05) is 25.1 Å². The Hall–Kier alpha value is -1.57. The molecule has 0 spiro atoms. The van der Waals surface area contributed by atoms with Crippen LogP contribution in [-0.2, 0) is 23.9 Å². The molecule has 138 valence electrons. The summed E-state index contributed by atoms with van der Waals surface area (Å²) in [5.74, 6) is -1.63. The van der Waals surface area contributed by atoms with Crippen LogP contribution in [0.15, 0.2) is 0 Å². The van der Waals surface area contributed by atoms with Crippen LogP contribution in [0.4, 0.5) is 0 Å². The van der Waals surface area contributed by atoms with Crippen LogP contribution in [0.2, 0.25) is 0 Å². The van der Waals surface area contributed by atoms with Gasteiger partial charge in [-0.05, 0) is 34.1 Å². The third-order valence-corrected chi connectivity index (χ3v) is 3.54. The monoisotopic (exact) mass is 360 g/mol. The van der Waals surface area contributed by atoms with Gasteiger partial charge in [0.05, 0.1) is 17.4 Å². The van der Waals surface area contributed by atoms with Crippen LogP contribution in [-0.4, -0.2) is 46.9 Å². The average Bonchev–Trinajstić information content (AvgIpc) is 2.46. The molecule has 0 aromatic rings. The van der Waals surface area contributed by atoms with E-state index in [4.69, 9.17) is 14.9 Å². The second-order valence-corrected chi connectivity index (χ2v) is 7.11. The first-order valence-electron chi connectivity index (χ1n) is 7.99. The Morgan fingerprint density at radius 1 is 1.21 bits per heavy atom. The van der Waals surface area contributed by atoms with Gasteiger partial charge >= 0.3 is 11.9 Å². The number of ether oxygens (including phenoxy) is 2. The number of thioether (sulfide) groups is 1. The van der Waals surface area contributed by atoms with Crippen LogP contribution < -0.4 is 5.32 Å². The fourth-order valence-electron chi connectivity index (χ4n) is 1.62. The summed E-state index contributed by atoms with van der Waals surface area (Å²) in [6.45, 7) is 8.98. The lowest BCUT2D eigenvalue weighted by Crippen LogP contribution is -2.46. The fourth-order valence-corrected chi connectivity index (χ4v) is 2.27. The number of esters is 2. The molecule has 0 radical (unpaired) electrons. The van der Waals surface area contributed by atoms with E-state index in [0.717, 1.165) is 18.2 Å². The third kappa shape index (κ3) is 10.3. The molecular formula is C16H28N2O5S. The summed E-state index contributed by atoms with van der Waals surface area (Å²) in [6, 6.07) is -1.19. The Labute approximate surface area is 147 Å². The van der Waals surface area contributed by atoms with Gasteiger partial charge in [0.25, 0.3) is 0 Å². The highest BCUT2D eigenvalue weighted by atomic mass is 32.2. The van der Waals surface area contributed by atoms with E-state index in [-0.39, 0.29) is 29.7 Å². The molecule has 7 nitrogen and oxygen atoms in total.